The minimum atomic E-state index is 0.570. The van der Waals surface area contributed by atoms with Crippen molar-refractivity contribution in [3.63, 3.8) is 0 Å². The molecule has 1 aliphatic heterocycles. The highest BCUT2D eigenvalue weighted by Gasteiger charge is 2.13. The van der Waals surface area contributed by atoms with Crippen LogP contribution in [0.1, 0.15) is 26.3 Å². The molecule has 1 aromatic rings. The normalized spacial score (nSPS) is 19.6. The van der Waals surface area contributed by atoms with E-state index in [1.165, 1.54) is 5.56 Å². The number of rotatable bonds is 2. The molecular formula is C14H21NO. The van der Waals surface area contributed by atoms with Gasteiger partial charge in [0, 0.05) is 12.5 Å². The highest BCUT2D eigenvalue weighted by molar-refractivity contribution is 5.58. The number of hydrogen-bond donors (Lipinski definition) is 1. The summed E-state index contributed by atoms with van der Waals surface area (Å²) in [7, 11) is 0. The Hall–Kier alpha value is -1.18. The molecule has 1 atom stereocenters. The van der Waals surface area contributed by atoms with E-state index in [0.29, 0.717) is 11.8 Å². The summed E-state index contributed by atoms with van der Waals surface area (Å²) in [6.07, 6.45) is 1.13. The fourth-order valence-corrected chi connectivity index (χ4v) is 2.01. The SMILES string of the molecule is CC(C)Cc1ccc2c(c1)NCC(C)CO2. The van der Waals surface area contributed by atoms with Gasteiger partial charge in [-0.3, -0.25) is 0 Å². The molecule has 0 fully saturated rings. The molecule has 2 heteroatoms. The molecule has 0 radical (unpaired) electrons. The summed E-state index contributed by atoms with van der Waals surface area (Å²) in [6.45, 7) is 8.50. The Morgan fingerprint density at radius 2 is 2.25 bits per heavy atom. The summed E-state index contributed by atoms with van der Waals surface area (Å²) in [5.41, 5.74) is 2.54. The Balaban J connectivity index is 2.18. The van der Waals surface area contributed by atoms with Gasteiger partial charge in [0.2, 0.25) is 0 Å². The average molecular weight is 219 g/mol. The first-order valence-corrected chi connectivity index (χ1v) is 6.14. The lowest BCUT2D eigenvalue weighted by molar-refractivity contribution is 0.275. The lowest BCUT2D eigenvalue weighted by atomic mass is 10.0. The number of anilines is 1. The van der Waals surface area contributed by atoms with Crippen LogP contribution in [0.4, 0.5) is 5.69 Å². The molecule has 1 heterocycles. The van der Waals surface area contributed by atoms with E-state index in [2.05, 4.69) is 44.3 Å². The summed E-state index contributed by atoms with van der Waals surface area (Å²) >= 11 is 0. The van der Waals surface area contributed by atoms with Gasteiger partial charge < -0.3 is 10.1 Å². The van der Waals surface area contributed by atoms with Crippen LogP contribution in [0.2, 0.25) is 0 Å². The molecule has 2 nitrogen and oxygen atoms in total. The molecule has 2 rings (SSSR count). The third-order valence-corrected chi connectivity index (χ3v) is 2.85. The third-order valence-electron chi connectivity index (χ3n) is 2.85. The molecule has 1 unspecified atom stereocenters. The molecule has 0 aliphatic carbocycles. The van der Waals surface area contributed by atoms with Crippen LogP contribution in [0, 0.1) is 11.8 Å². The Kier molecular flexibility index (Phi) is 3.37. The van der Waals surface area contributed by atoms with Crippen molar-refractivity contribution >= 4 is 5.69 Å². The van der Waals surface area contributed by atoms with Crippen LogP contribution in [-0.2, 0) is 6.42 Å². The van der Waals surface area contributed by atoms with E-state index < -0.39 is 0 Å². The third kappa shape index (κ3) is 2.69. The van der Waals surface area contributed by atoms with Crippen molar-refractivity contribution in [2.45, 2.75) is 27.2 Å². The van der Waals surface area contributed by atoms with Gasteiger partial charge in [-0.1, -0.05) is 26.8 Å². The van der Waals surface area contributed by atoms with Gasteiger partial charge in [0.25, 0.3) is 0 Å². The summed E-state index contributed by atoms with van der Waals surface area (Å²) in [5.74, 6) is 2.27. The first-order valence-electron chi connectivity index (χ1n) is 6.14. The van der Waals surface area contributed by atoms with Gasteiger partial charge in [0.15, 0.2) is 0 Å². The van der Waals surface area contributed by atoms with Gasteiger partial charge in [-0.2, -0.15) is 0 Å². The Morgan fingerprint density at radius 3 is 3.00 bits per heavy atom. The van der Waals surface area contributed by atoms with Crippen LogP contribution in [0.5, 0.6) is 5.75 Å². The Bertz CT molecular complexity index is 360. The lowest BCUT2D eigenvalue weighted by Gasteiger charge is -2.11. The van der Waals surface area contributed by atoms with E-state index in [-0.39, 0.29) is 0 Å². The maximum Gasteiger partial charge on any atom is 0.142 e. The van der Waals surface area contributed by atoms with Crippen LogP contribution < -0.4 is 10.1 Å². The fourth-order valence-electron chi connectivity index (χ4n) is 2.01. The first-order chi connectivity index (χ1) is 7.65. The van der Waals surface area contributed by atoms with Crippen molar-refractivity contribution in [3.8, 4) is 5.75 Å². The quantitative estimate of drug-likeness (QED) is 0.823. The second kappa shape index (κ2) is 4.77. The van der Waals surface area contributed by atoms with Crippen LogP contribution >= 0.6 is 0 Å². The number of ether oxygens (including phenoxy) is 1. The molecule has 0 saturated carbocycles. The van der Waals surface area contributed by atoms with Crippen molar-refractivity contribution < 1.29 is 4.74 Å². The molecule has 1 N–H and O–H groups in total. The Morgan fingerprint density at radius 1 is 1.44 bits per heavy atom. The van der Waals surface area contributed by atoms with Gasteiger partial charge in [-0.05, 0) is 30.0 Å². The van der Waals surface area contributed by atoms with E-state index >= 15 is 0 Å². The predicted molar refractivity (Wildman–Crippen MR) is 68.1 cm³/mol. The van der Waals surface area contributed by atoms with Gasteiger partial charge in [0.1, 0.15) is 5.75 Å². The van der Waals surface area contributed by atoms with Gasteiger partial charge >= 0.3 is 0 Å². The fraction of sp³-hybridized carbons (Fsp3) is 0.571. The van der Waals surface area contributed by atoms with Crippen LogP contribution in [0.25, 0.3) is 0 Å². The minimum Gasteiger partial charge on any atom is -0.491 e. The van der Waals surface area contributed by atoms with Crippen LogP contribution in [0.15, 0.2) is 18.2 Å². The predicted octanol–water partition coefficient (Wildman–Crippen LogP) is 3.33. The van der Waals surface area contributed by atoms with Gasteiger partial charge in [0.05, 0.1) is 12.3 Å². The van der Waals surface area contributed by atoms with E-state index in [9.17, 15) is 0 Å². The van der Waals surface area contributed by atoms with Crippen molar-refractivity contribution in [1.29, 1.82) is 0 Å². The second-order valence-electron chi connectivity index (χ2n) is 5.23. The molecule has 0 aromatic heterocycles. The summed E-state index contributed by atoms with van der Waals surface area (Å²) in [5, 5.41) is 3.46. The molecule has 0 spiro atoms. The number of benzene rings is 1. The molecule has 0 saturated heterocycles. The maximum atomic E-state index is 5.76. The van der Waals surface area contributed by atoms with Crippen LogP contribution in [0.3, 0.4) is 0 Å². The molecule has 1 aromatic carbocycles. The zero-order valence-corrected chi connectivity index (χ0v) is 10.4. The van der Waals surface area contributed by atoms with Crippen molar-refractivity contribution in [3.05, 3.63) is 23.8 Å². The topological polar surface area (TPSA) is 21.3 Å². The maximum absolute atomic E-state index is 5.76. The molecular weight excluding hydrogens is 198 g/mol. The van der Waals surface area contributed by atoms with E-state index in [1.807, 2.05) is 0 Å². The van der Waals surface area contributed by atoms with Gasteiger partial charge in [-0.15, -0.1) is 0 Å². The molecule has 0 bridgehead atoms. The smallest absolute Gasteiger partial charge is 0.142 e. The number of nitrogens with one attached hydrogen (secondary N) is 1. The molecule has 16 heavy (non-hydrogen) atoms. The van der Waals surface area contributed by atoms with Crippen molar-refractivity contribution in [2.75, 3.05) is 18.5 Å². The zero-order valence-electron chi connectivity index (χ0n) is 10.4. The molecule has 88 valence electrons. The highest BCUT2D eigenvalue weighted by Crippen LogP contribution is 2.29. The molecule has 0 amide bonds. The Labute approximate surface area is 98.0 Å². The highest BCUT2D eigenvalue weighted by atomic mass is 16.5. The summed E-state index contributed by atoms with van der Waals surface area (Å²) in [6, 6.07) is 6.50. The number of fused-ring (bicyclic) bond motifs is 1. The van der Waals surface area contributed by atoms with Crippen molar-refractivity contribution in [1.82, 2.24) is 0 Å². The standard InChI is InChI=1S/C14H21NO/c1-10(2)6-12-4-5-14-13(7-12)15-8-11(3)9-16-14/h4-5,7,10-11,15H,6,8-9H2,1-3H3. The van der Waals surface area contributed by atoms with Crippen LogP contribution in [-0.4, -0.2) is 13.2 Å². The average Bonchev–Trinajstić information content (AvgIpc) is 2.40. The first kappa shape index (κ1) is 11.3. The van der Waals surface area contributed by atoms with E-state index in [1.54, 1.807) is 0 Å². The van der Waals surface area contributed by atoms with E-state index in [0.717, 1.165) is 31.0 Å². The number of hydrogen-bond acceptors (Lipinski definition) is 2. The van der Waals surface area contributed by atoms with Crippen molar-refractivity contribution in [2.24, 2.45) is 11.8 Å². The lowest BCUT2D eigenvalue weighted by Crippen LogP contribution is -2.13. The largest absolute Gasteiger partial charge is 0.491 e. The second-order valence-corrected chi connectivity index (χ2v) is 5.23. The van der Waals surface area contributed by atoms with Gasteiger partial charge in [-0.25, -0.2) is 0 Å². The minimum absolute atomic E-state index is 0.570. The summed E-state index contributed by atoms with van der Waals surface area (Å²) in [4.78, 5) is 0. The summed E-state index contributed by atoms with van der Waals surface area (Å²) < 4.78 is 5.76. The monoisotopic (exact) mass is 219 g/mol. The molecule has 1 aliphatic rings. The van der Waals surface area contributed by atoms with E-state index in [4.69, 9.17) is 4.74 Å². The zero-order chi connectivity index (χ0) is 11.5.